The van der Waals surface area contributed by atoms with Crippen molar-refractivity contribution in [2.24, 2.45) is 0 Å². The number of nitrogens with zero attached hydrogens (tertiary/aromatic N) is 2. The molecule has 0 bridgehead atoms. The van der Waals surface area contributed by atoms with Crippen molar-refractivity contribution in [3.63, 3.8) is 0 Å². The lowest BCUT2D eigenvalue weighted by Crippen LogP contribution is -2.01. The quantitative estimate of drug-likeness (QED) is 0.857. The molecule has 2 aromatic rings. The molecule has 0 aliphatic heterocycles. The Hall–Kier alpha value is -2.23. The van der Waals surface area contributed by atoms with Crippen LogP contribution in [0.1, 0.15) is 21.9 Å². The number of carbonyl (C=O) groups is 1. The van der Waals surface area contributed by atoms with Gasteiger partial charge in [0.15, 0.2) is 0 Å². The van der Waals surface area contributed by atoms with Crippen LogP contribution >= 0.6 is 0 Å². The van der Waals surface area contributed by atoms with Gasteiger partial charge < -0.3 is 5.11 Å². The van der Waals surface area contributed by atoms with E-state index in [1.54, 1.807) is 37.3 Å². The maximum atomic E-state index is 11.1. The predicted molar refractivity (Wildman–Crippen MR) is 63.9 cm³/mol. The third-order valence-corrected chi connectivity index (χ3v) is 2.40. The zero-order valence-corrected chi connectivity index (χ0v) is 9.64. The molecule has 0 fully saturated rings. The van der Waals surface area contributed by atoms with Gasteiger partial charge in [-0.05, 0) is 26.0 Å². The van der Waals surface area contributed by atoms with E-state index in [4.69, 9.17) is 5.11 Å². The molecule has 0 atom stereocenters. The SMILES string of the molecule is Cc1cc(-c2ccccc2C(=O)O)nc(C)n1. The van der Waals surface area contributed by atoms with Gasteiger partial charge in [-0.25, -0.2) is 14.8 Å². The average Bonchev–Trinajstić information content (AvgIpc) is 2.27. The number of carboxylic acid groups (broad SMARTS) is 1. The van der Waals surface area contributed by atoms with E-state index in [1.807, 2.05) is 6.92 Å². The van der Waals surface area contributed by atoms with Gasteiger partial charge in [0.25, 0.3) is 0 Å². The summed E-state index contributed by atoms with van der Waals surface area (Å²) in [6.07, 6.45) is 0. The number of hydrogen-bond donors (Lipinski definition) is 1. The Morgan fingerprint density at radius 2 is 1.88 bits per heavy atom. The number of aromatic nitrogens is 2. The van der Waals surface area contributed by atoms with Gasteiger partial charge in [-0.15, -0.1) is 0 Å². The number of rotatable bonds is 2. The Morgan fingerprint density at radius 3 is 2.53 bits per heavy atom. The van der Waals surface area contributed by atoms with Crippen LogP contribution in [0.25, 0.3) is 11.3 Å². The van der Waals surface area contributed by atoms with E-state index in [-0.39, 0.29) is 5.56 Å². The molecular formula is C13H12N2O2. The van der Waals surface area contributed by atoms with Crippen molar-refractivity contribution in [1.82, 2.24) is 9.97 Å². The lowest BCUT2D eigenvalue weighted by molar-refractivity contribution is 0.0697. The summed E-state index contributed by atoms with van der Waals surface area (Å²) in [4.78, 5) is 19.6. The fourth-order valence-electron chi connectivity index (χ4n) is 1.75. The standard InChI is InChI=1S/C13H12N2O2/c1-8-7-12(15-9(2)14-8)10-5-3-4-6-11(10)13(16)17/h3-7H,1-2H3,(H,16,17). The first-order valence-electron chi connectivity index (χ1n) is 5.23. The molecule has 17 heavy (non-hydrogen) atoms. The van der Waals surface area contributed by atoms with Crippen LogP contribution in [0.4, 0.5) is 0 Å². The van der Waals surface area contributed by atoms with Crippen LogP contribution in [0, 0.1) is 13.8 Å². The van der Waals surface area contributed by atoms with Crippen molar-refractivity contribution in [2.75, 3.05) is 0 Å². The topological polar surface area (TPSA) is 63.1 Å². The highest BCUT2D eigenvalue weighted by Gasteiger charge is 2.12. The van der Waals surface area contributed by atoms with Crippen molar-refractivity contribution in [2.45, 2.75) is 13.8 Å². The Morgan fingerprint density at radius 1 is 1.18 bits per heavy atom. The highest BCUT2D eigenvalue weighted by Crippen LogP contribution is 2.22. The minimum absolute atomic E-state index is 0.255. The molecule has 1 aromatic carbocycles. The molecule has 0 aliphatic rings. The van der Waals surface area contributed by atoms with Crippen molar-refractivity contribution in [3.05, 3.63) is 47.4 Å². The van der Waals surface area contributed by atoms with Crippen LogP contribution in [0.15, 0.2) is 30.3 Å². The van der Waals surface area contributed by atoms with Crippen LogP contribution in [-0.4, -0.2) is 21.0 Å². The second-order valence-electron chi connectivity index (χ2n) is 3.79. The van der Waals surface area contributed by atoms with Crippen LogP contribution in [0.3, 0.4) is 0 Å². The van der Waals surface area contributed by atoms with E-state index >= 15 is 0 Å². The molecule has 2 rings (SSSR count). The number of aromatic carboxylic acids is 1. The van der Waals surface area contributed by atoms with Gasteiger partial charge in [0.05, 0.1) is 11.3 Å². The van der Waals surface area contributed by atoms with Gasteiger partial charge in [-0.3, -0.25) is 0 Å². The molecule has 1 N–H and O–H groups in total. The molecule has 86 valence electrons. The fourth-order valence-corrected chi connectivity index (χ4v) is 1.75. The van der Waals surface area contributed by atoms with E-state index in [0.717, 1.165) is 5.69 Å². The van der Waals surface area contributed by atoms with E-state index in [9.17, 15) is 4.79 Å². The highest BCUT2D eigenvalue weighted by atomic mass is 16.4. The summed E-state index contributed by atoms with van der Waals surface area (Å²) in [5, 5.41) is 9.12. The normalized spacial score (nSPS) is 10.2. The largest absolute Gasteiger partial charge is 0.478 e. The maximum absolute atomic E-state index is 11.1. The molecule has 0 saturated carbocycles. The summed E-state index contributed by atoms with van der Waals surface area (Å²) < 4.78 is 0. The van der Waals surface area contributed by atoms with Gasteiger partial charge in [0.2, 0.25) is 0 Å². The molecule has 0 saturated heterocycles. The maximum Gasteiger partial charge on any atom is 0.336 e. The van der Waals surface area contributed by atoms with E-state index < -0.39 is 5.97 Å². The summed E-state index contributed by atoms with van der Waals surface area (Å²) in [6.45, 7) is 3.65. The molecule has 0 spiro atoms. The minimum Gasteiger partial charge on any atom is -0.478 e. The Kier molecular flexibility index (Phi) is 2.87. The molecule has 0 amide bonds. The fraction of sp³-hybridized carbons (Fsp3) is 0.154. The van der Waals surface area contributed by atoms with Gasteiger partial charge in [0, 0.05) is 11.3 Å². The molecule has 0 radical (unpaired) electrons. The first-order chi connectivity index (χ1) is 8.08. The summed E-state index contributed by atoms with van der Waals surface area (Å²) >= 11 is 0. The summed E-state index contributed by atoms with van der Waals surface area (Å²) in [5.41, 5.74) is 2.35. The monoisotopic (exact) mass is 228 g/mol. The third kappa shape index (κ3) is 2.30. The Bertz CT molecular complexity index is 559. The van der Waals surface area contributed by atoms with Gasteiger partial charge in [-0.1, -0.05) is 18.2 Å². The van der Waals surface area contributed by atoms with Crippen molar-refractivity contribution < 1.29 is 9.90 Å². The second-order valence-corrected chi connectivity index (χ2v) is 3.79. The Balaban J connectivity index is 2.64. The Labute approximate surface area is 99.0 Å². The van der Waals surface area contributed by atoms with Crippen LogP contribution in [-0.2, 0) is 0 Å². The predicted octanol–water partition coefficient (Wildman–Crippen LogP) is 2.46. The third-order valence-electron chi connectivity index (χ3n) is 2.40. The first kappa shape index (κ1) is 11.3. The summed E-state index contributed by atoms with van der Waals surface area (Å²) in [6, 6.07) is 8.62. The van der Waals surface area contributed by atoms with Gasteiger partial charge >= 0.3 is 5.97 Å². The zero-order valence-electron chi connectivity index (χ0n) is 9.64. The number of carboxylic acids is 1. The van der Waals surface area contributed by atoms with Gasteiger partial charge in [0.1, 0.15) is 5.82 Å². The van der Waals surface area contributed by atoms with E-state index in [0.29, 0.717) is 17.1 Å². The van der Waals surface area contributed by atoms with E-state index in [2.05, 4.69) is 9.97 Å². The zero-order chi connectivity index (χ0) is 12.4. The summed E-state index contributed by atoms with van der Waals surface area (Å²) in [7, 11) is 0. The molecule has 1 aromatic heterocycles. The minimum atomic E-state index is -0.950. The van der Waals surface area contributed by atoms with E-state index in [1.165, 1.54) is 0 Å². The van der Waals surface area contributed by atoms with Crippen molar-refractivity contribution in [3.8, 4) is 11.3 Å². The first-order valence-corrected chi connectivity index (χ1v) is 5.23. The van der Waals surface area contributed by atoms with Crippen LogP contribution in [0.2, 0.25) is 0 Å². The van der Waals surface area contributed by atoms with Crippen LogP contribution in [0.5, 0.6) is 0 Å². The molecule has 4 nitrogen and oxygen atoms in total. The molecule has 1 heterocycles. The van der Waals surface area contributed by atoms with Crippen molar-refractivity contribution >= 4 is 5.97 Å². The molecule has 0 aliphatic carbocycles. The molecule has 0 unspecified atom stereocenters. The van der Waals surface area contributed by atoms with Gasteiger partial charge in [-0.2, -0.15) is 0 Å². The van der Waals surface area contributed by atoms with Crippen LogP contribution < -0.4 is 0 Å². The number of benzene rings is 1. The highest BCUT2D eigenvalue weighted by molar-refractivity contribution is 5.95. The second kappa shape index (κ2) is 4.33. The summed E-state index contributed by atoms with van der Waals surface area (Å²) in [5.74, 6) is -0.310. The molecular weight excluding hydrogens is 216 g/mol. The number of hydrogen-bond acceptors (Lipinski definition) is 3. The smallest absolute Gasteiger partial charge is 0.336 e. The van der Waals surface area contributed by atoms with Crippen molar-refractivity contribution in [1.29, 1.82) is 0 Å². The lowest BCUT2D eigenvalue weighted by Gasteiger charge is -2.06. The lowest BCUT2D eigenvalue weighted by atomic mass is 10.0. The average molecular weight is 228 g/mol. The molecule has 4 heteroatoms. The number of aryl methyl sites for hydroxylation is 2.